The zero-order chi connectivity index (χ0) is 30.7. The van der Waals surface area contributed by atoms with Gasteiger partial charge in [-0.15, -0.1) is 11.8 Å². The Kier molecular flexibility index (Phi) is 6.98. The first-order valence-electron chi connectivity index (χ1n) is 15.7. The number of hydrogen-bond donors (Lipinski definition) is 0. The summed E-state index contributed by atoms with van der Waals surface area (Å²) in [6.07, 6.45) is 3.67. The van der Waals surface area contributed by atoms with E-state index in [2.05, 4.69) is 94.9 Å². The molecular weight excluding hydrogens is 584 g/mol. The van der Waals surface area contributed by atoms with Crippen molar-refractivity contribution >= 4 is 69.0 Å². The van der Waals surface area contributed by atoms with E-state index in [4.69, 9.17) is 0 Å². The average Bonchev–Trinajstić information content (AvgIpc) is 3.08. The maximum atomic E-state index is 13.7. The fourth-order valence-corrected chi connectivity index (χ4v) is 8.11. The Bertz CT molecular complexity index is 1880. The molecule has 0 atom stereocenters. The van der Waals surface area contributed by atoms with Crippen molar-refractivity contribution in [2.45, 2.75) is 49.1 Å². The number of rotatable bonds is 4. The minimum absolute atomic E-state index is 0.0110. The smallest absolute Gasteiger partial charge is 0.311 e. The number of nitrogens with zero attached hydrogens (tertiary/aromatic N) is 2. The Balaban J connectivity index is 1.45. The van der Waals surface area contributed by atoms with Crippen molar-refractivity contribution < 1.29 is 13.2 Å². The maximum Gasteiger partial charge on any atom is 0.416 e. The zero-order valence-electron chi connectivity index (χ0n) is 25.0. The maximum absolute atomic E-state index is 13.7. The number of anilines is 6. The molecule has 8 rings (SSSR count). The second-order valence-corrected chi connectivity index (χ2v) is 13.2. The van der Waals surface area contributed by atoms with Crippen LogP contribution in [0.15, 0.2) is 114 Å². The molecule has 7 heteroatoms. The van der Waals surface area contributed by atoms with Crippen molar-refractivity contribution in [1.29, 1.82) is 0 Å². The molecule has 0 N–H and O–H groups in total. The Morgan fingerprint density at radius 3 is 1.96 bits per heavy atom. The normalized spacial score (nSPS) is 15.9. The Morgan fingerprint density at radius 2 is 1.27 bits per heavy atom. The second-order valence-electron chi connectivity index (χ2n) is 12.3. The van der Waals surface area contributed by atoms with Crippen molar-refractivity contribution in [3.8, 4) is 0 Å². The van der Waals surface area contributed by atoms with Gasteiger partial charge in [-0.05, 0) is 114 Å². The van der Waals surface area contributed by atoms with Crippen LogP contribution in [0, 0.1) is 0 Å². The van der Waals surface area contributed by atoms with Gasteiger partial charge in [0.2, 0.25) is 0 Å². The number of hydrogen-bond acceptors (Lipinski definition) is 3. The van der Waals surface area contributed by atoms with Crippen LogP contribution in [0.1, 0.15) is 49.1 Å². The predicted octanol–water partition coefficient (Wildman–Crippen LogP) is 9.56. The van der Waals surface area contributed by atoms with E-state index in [9.17, 15) is 13.2 Å². The number of alkyl halides is 3. The number of halogens is 3. The molecular formula is C38H32BF3N2S. The van der Waals surface area contributed by atoms with E-state index in [0.29, 0.717) is 5.92 Å². The van der Waals surface area contributed by atoms with Gasteiger partial charge in [0.15, 0.2) is 0 Å². The largest absolute Gasteiger partial charge is 0.416 e. The van der Waals surface area contributed by atoms with E-state index in [1.54, 1.807) is 23.9 Å². The molecule has 5 aromatic rings. The molecule has 0 saturated heterocycles. The van der Waals surface area contributed by atoms with E-state index in [1.165, 1.54) is 47.9 Å². The number of thioether (sulfide) groups is 1. The summed E-state index contributed by atoms with van der Waals surface area (Å²) in [7, 11) is 0. The van der Waals surface area contributed by atoms with Crippen LogP contribution >= 0.6 is 11.8 Å². The monoisotopic (exact) mass is 616 g/mol. The number of para-hydroxylation sites is 2. The first-order chi connectivity index (χ1) is 21.9. The molecule has 3 aliphatic rings. The molecule has 0 radical (unpaired) electrons. The summed E-state index contributed by atoms with van der Waals surface area (Å²) in [4.78, 5) is 5.73. The highest BCUT2D eigenvalue weighted by Crippen LogP contribution is 2.47. The molecule has 0 spiro atoms. The Hall–Kier alpha value is -4.10. The van der Waals surface area contributed by atoms with Crippen molar-refractivity contribution in [3.63, 3.8) is 0 Å². The van der Waals surface area contributed by atoms with Crippen molar-refractivity contribution in [2.24, 2.45) is 0 Å². The van der Waals surface area contributed by atoms with Crippen molar-refractivity contribution in [1.82, 2.24) is 0 Å². The highest BCUT2D eigenvalue weighted by atomic mass is 32.2. The first kappa shape index (κ1) is 28.4. The van der Waals surface area contributed by atoms with Gasteiger partial charge in [-0.25, -0.2) is 0 Å². The fourth-order valence-electron chi connectivity index (χ4n) is 7.68. The van der Waals surface area contributed by atoms with Gasteiger partial charge < -0.3 is 9.80 Å². The first-order valence-corrected chi connectivity index (χ1v) is 16.9. The standard InChI is InChI=1S/C38H32BF3N2S/c1-45-30-20-21-32-34(24-30)44(29-18-16-27(17-19-29)38(40,41)42)36-23-26(25-10-4-2-5-11-25)22-35-37(36)39(32)31-14-8-9-15-33(31)43(35)28-12-6-3-7-13-28/h3,6-9,12-25H,2,4-5,10-11H2,1H3. The van der Waals surface area contributed by atoms with Gasteiger partial charge in [0, 0.05) is 39.0 Å². The van der Waals surface area contributed by atoms with E-state index in [-0.39, 0.29) is 6.71 Å². The van der Waals surface area contributed by atoms with E-state index in [0.717, 1.165) is 57.3 Å². The molecule has 0 bridgehead atoms. The van der Waals surface area contributed by atoms with Gasteiger partial charge in [0.1, 0.15) is 0 Å². The van der Waals surface area contributed by atoms with Crippen LogP contribution in [-0.2, 0) is 6.18 Å². The third-order valence-electron chi connectivity index (χ3n) is 9.75. The van der Waals surface area contributed by atoms with Crippen LogP contribution < -0.4 is 26.2 Å². The summed E-state index contributed by atoms with van der Waals surface area (Å²) < 4.78 is 41.0. The SMILES string of the molecule is CSc1ccc2c(c1)N(c1ccc(C(F)(F)F)cc1)c1cc(C3CCCCC3)cc3c1B2c1ccccc1N3c1ccccc1. The van der Waals surface area contributed by atoms with Crippen molar-refractivity contribution in [3.05, 3.63) is 120 Å². The number of fused-ring (bicyclic) bond motifs is 4. The van der Waals surface area contributed by atoms with Gasteiger partial charge in [-0.1, -0.05) is 61.7 Å². The molecule has 224 valence electrons. The molecule has 1 fully saturated rings. The van der Waals surface area contributed by atoms with Crippen LogP contribution in [0.3, 0.4) is 0 Å². The molecule has 1 saturated carbocycles. The predicted molar refractivity (Wildman–Crippen MR) is 183 cm³/mol. The lowest BCUT2D eigenvalue weighted by Gasteiger charge is -2.45. The van der Waals surface area contributed by atoms with E-state index in [1.807, 2.05) is 6.07 Å². The zero-order valence-corrected chi connectivity index (χ0v) is 25.8. The lowest BCUT2D eigenvalue weighted by molar-refractivity contribution is -0.137. The molecule has 2 aliphatic heterocycles. The lowest BCUT2D eigenvalue weighted by atomic mass is 9.33. The molecule has 0 amide bonds. The van der Waals surface area contributed by atoms with Crippen LogP contribution in [0.25, 0.3) is 0 Å². The minimum atomic E-state index is -4.39. The Morgan fingerprint density at radius 1 is 0.644 bits per heavy atom. The van der Waals surface area contributed by atoms with Gasteiger partial charge in [-0.3, -0.25) is 0 Å². The van der Waals surface area contributed by atoms with Gasteiger partial charge >= 0.3 is 6.18 Å². The summed E-state index contributed by atoms with van der Waals surface area (Å²) in [5.41, 5.74) is 10.5. The topological polar surface area (TPSA) is 6.48 Å². The van der Waals surface area contributed by atoms with Crippen LogP contribution in [0.4, 0.5) is 47.3 Å². The van der Waals surface area contributed by atoms with Gasteiger partial charge in [-0.2, -0.15) is 13.2 Å². The highest BCUT2D eigenvalue weighted by molar-refractivity contribution is 7.98. The third kappa shape index (κ3) is 4.75. The quantitative estimate of drug-likeness (QED) is 0.144. The lowest BCUT2D eigenvalue weighted by Crippen LogP contribution is -2.61. The fraction of sp³-hybridized carbons (Fsp3) is 0.211. The average molecular weight is 617 g/mol. The summed E-state index contributed by atoms with van der Waals surface area (Å²) in [5, 5.41) is 0. The van der Waals surface area contributed by atoms with Crippen molar-refractivity contribution in [2.75, 3.05) is 16.1 Å². The minimum Gasteiger partial charge on any atom is -0.311 e. The molecule has 1 aliphatic carbocycles. The van der Waals surface area contributed by atoms with E-state index < -0.39 is 11.7 Å². The Labute approximate surface area is 267 Å². The summed E-state index contributed by atoms with van der Waals surface area (Å²) in [6.45, 7) is -0.0110. The summed E-state index contributed by atoms with van der Waals surface area (Å²) in [5.74, 6) is 0.446. The molecule has 45 heavy (non-hydrogen) atoms. The second kappa shape index (κ2) is 11.1. The van der Waals surface area contributed by atoms with Gasteiger partial charge in [0.05, 0.1) is 5.56 Å². The molecule has 0 aromatic heterocycles. The number of benzene rings is 5. The summed E-state index contributed by atoms with van der Waals surface area (Å²) >= 11 is 1.68. The van der Waals surface area contributed by atoms with Crippen LogP contribution in [-0.4, -0.2) is 13.0 Å². The molecule has 0 unspecified atom stereocenters. The summed E-state index contributed by atoms with van der Waals surface area (Å²) in [6, 6.07) is 36.2. The molecule has 2 heterocycles. The van der Waals surface area contributed by atoms with Gasteiger partial charge in [0.25, 0.3) is 6.71 Å². The van der Waals surface area contributed by atoms with Crippen LogP contribution in [0.5, 0.6) is 0 Å². The molecule has 2 nitrogen and oxygen atoms in total. The molecule has 5 aromatic carbocycles. The third-order valence-corrected chi connectivity index (χ3v) is 10.5. The van der Waals surface area contributed by atoms with Crippen LogP contribution in [0.2, 0.25) is 0 Å². The highest BCUT2D eigenvalue weighted by Gasteiger charge is 2.44. The van der Waals surface area contributed by atoms with E-state index >= 15 is 0 Å².